The van der Waals surface area contributed by atoms with Gasteiger partial charge in [0.05, 0.1) is 0 Å². The van der Waals surface area contributed by atoms with Crippen molar-refractivity contribution in [2.45, 2.75) is 73.5 Å². The van der Waals surface area contributed by atoms with E-state index in [1.165, 1.54) is 4.90 Å². The van der Waals surface area contributed by atoms with Crippen molar-refractivity contribution in [2.75, 3.05) is 13.6 Å². The second-order valence-electron chi connectivity index (χ2n) is 8.52. The predicted molar refractivity (Wildman–Crippen MR) is 89.7 cm³/mol. The zero-order valence-corrected chi connectivity index (χ0v) is 15.7. The molecule has 0 aliphatic carbocycles. The van der Waals surface area contributed by atoms with E-state index in [4.69, 9.17) is 4.74 Å². The molecular weight excluding hydrogens is 280 g/mol. The zero-order valence-electron chi connectivity index (χ0n) is 15.7. The molecule has 0 aliphatic heterocycles. The fraction of sp³-hybridized carbons (Fsp3) is 0.882. The Hall–Kier alpha value is -1.26. The number of hydrogen-bond acceptors (Lipinski definition) is 3. The van der Waals surface area contributed by atoms with Gasteiger partial charge >= 0.3 is 6.09 Å². The van der Waals surface area contributed by atoms with Crippen molar-refractivity contribution in [1.82, 2.24) is 10.2 Å². The summed E-state index contributed by atoms with van der Waals surface area (Å²) in [4.78, 5) is 25.3. The first-order valence-electron chi connectivity index (χ1n) is 7.95. The predicted octanol–water partition coefficient (Wildman–Crippen LogP) is 3.43. The Labute approximate surface area is 135 Å². The van der Waals surface area contributed by atoms with Crippen LogP contribution in [0.1, 0.15) is 61.8 Å². The van der Waals surface area contributed by atoms with Gasteiger partial charge in [-0.05, 0) is 38.5 Å². The number of amides is 2. The van der Waals surface area contributed by atoms with E-state index in [2.05, 4.69) is 39.9 Å². The summed E-state index contributed by atoms with van der Waals surface area (Å²) in [6.45, 7) is 16.1. The standard InChI is InChI=1S/C17H34N2O3/c1-12(2)13(10-16(3,4)5)18-14(20)11-19(9)15(21)22-17(6,7)8/h12-13H,10-11H2,1-9H3,(H,18,20)/t13-/m1/s1. The quantitative estimate of drug-likeness (QED) is 0.846. The Morgan fingerprint density at radius 2 is 1.59 bits per heavy atom. The topological polar surface area (TPSA) is 58.6 Å². The Kier molecular flexibility index (Phi) is 7.39. The van der Waals surface area contributed by atoms with Crippen molar-refractivity contribution in [3.05, 3.63) is 0 Å². The second-order valence-corrected chi connectivity index (χ2v) is 8.52. The monoisotopic (exact) mass is 314 g/mol. The summed E-state index contributed by atoms with van der Waals surface area (Å²) in [6, 6.07) is 0.0968. The summed E-state index contributed by atoms with van der Waals surface area (Å²) in [7, 11) is 1.57. The van der Waals surface area contributed by atoms with Gasteiger partial charge in [0, 0.05) is 13.1 Å². The Morgan fingerprint density at radius 3 is 1.95 bits per heavy atom. The number of likely N-dealkylation sites (N-methyl/N-ethyl adjacent to an activating group) is 1. The molecule has 0 saturated carbocycles. The van der Waals surface area contributed by atoms with Crippen LogP contribution in [0.2, 0.25) is 0 Å². The molecule has 1 N–H and O–H groups in total. The SMILES string of the molecule is CC(C)[C@@H](CC(C)(C)C)NC(=O)CN(C)C(=O)OC(C)(C)C. The van der Waals surface area contributed by atoms with Gasteiger partial charge in [0.25, 0.3) is 0 Å². The van der Waals surface area contributed by atoms with Crippen LogP contribution >= 0.6 is 0 Å². The highest BCUT2D eigenvalue weighted by Gasteiger charge is 2.25. The highest BCUT2D eigenvalue weighted by molar-refractivity contribution is 5.82. The molecule has 5 nitrogen and oxygen atoms in total. The van der Waals surface area contributed by atoms with E-state index < -0.39 is 11.7 Å². The van der Waals surface area contributed by atoms with Gasteiger partial charge in [-0.3, -0.25) is 4.79 Å². The summed E-state index contributed by atoms with van der Waals surface area (Å²) in [5, 5.41) is 3.03. The molecule has 0 aromatic heterocycles. The smallest absolute Gasteiger partial charge is 0.410 e. The minimum atomic E-state index is -0.561. The van der Waals surface area contributed by atoms with Crippen molar-refractivity contribution < 1.29 is 14.3 Å². The summed E-state index contributed by atoms with van der Waals surface area (Å²) < 4.78 is 5.24. The fourth-order valence-electron chi connectivity index (χ4n) is 1.99. The molecule has 0 aromatic rings. The van der Waals surface area contributed by atoms with Crippen LogP contribution in [0, 0.1) is 11.3 Å². The molecule has 0 bridgehead atoms. The zero-order chi connectivity index (χ0) is 17.7. The lowest BCUT2D eigenvalue weighted by Gasteiger charge is -2.30. The lowest BCUT2D eigenvalue weighted by Crippen LogP contribution is -2.46. The number of hydrogen-bond donors (Lipinski definition) is 1. The first-order chi connectivity index (χ1) is 9.71. The molecule has 0 unspecified atom stereocenters. The highest BCUT2D eigenvalue weighted by atomic mass is 16.6. The fourth-order valence-corrected chi connectivity index (χ4v) is 1.99. The van der Waals surface area contributed by atoms with Gasteiger partial charge < -0.3 is 15.0 Å². The maximum absolute atomic E-state index is 12.2. The number of nitrogens with one attached hydrogen (secondary N) is 1. The number of carbonyl (C=O) groups is 2. The lowest BCUT2D eigenvalue weighted by molar-refractivity contribution is -0.123. The van der Waals surface area contributed by atoms with Crippen molar-refractivity contribution >= 4 is 12.0 Å². The van der Waals surface area contributed by atoms with Crippen LogP contribution in [0.15, 0.2) is 0 Å². The third-order valence-electron chi connectivity index (χ3n) is 3.07. The van der Waals surface area contributed by atoms with Crippen molar-refractivity contribution in [2.24, 2.45) is 11.3 Å². The van der Waals surface area contributed by atoms with Crippen molar-refractivity contribution in [3.63, 3.8) is 0 Å². The molecule has 0 fully saturated rings. The normalized spacial score (nSPS) is 13.7. The van der Waals surface area contributed by atoms with Gasteiger partial charge in [-0.2, -0.15) is 0 Å². The molecule has 0 saturated heterocycles. The molecule has 0 spiro atoms. The largest absolute Gasteiger partial charge is 0.444 e. The van der Waals surface area contributed by atoms with Crippen LogP contribution in [0.5, 0.6) is 0 Å². The number of ether oxygens (including phenoxy) is 1. The number of nitrogens with zero attached hydrogens (tertiary/aromatic N) is 1. The molecule has 130 valence electrons. The summed E-state index contributed by atoms with van der Waals surface area (Å²) in [5.41, 5.74) is -0.423. The van der Waals surface area contributed by atoms with Gasteiger partial charge in [-0.25, -0.2) is 4.79 Å². The van der Waals surface area contributed by atoms with E-state index in [0.29, 0.717) is 5.92 Å². The molecule has 0 aromatic carbocycles. The third kappa shape index (κ3) is 9.64. The molecule has 1 atom stereocenters. The maximum atomic E-state index is 12.2. The van der Waals surface area contributed by atoms with E-state index in [-0.39, 0.29) is 23.9 Å². The Balaban J connectivity index is 4.55. The van der Waals surface area contributed by atoms with Gasteiger partial charge in [0.2, 0.25) is 5.91 Å². The molecular formula is C17H34N2O3. The van der Waals surface area contributed by atoms with Crippen LogP contribution in [0.3, 0.4) is 0 Å². The number of rotatable bonds is 5. The third-order valence-corrected chi connectivity index (χ3v) is 3.07. The number of carbonyl (C=O) groups excluding carboxylic acids is 2. The van der Waals surface area contributed by atoms with Crippen LogP contribution in [0.4, 0.5) is 4.79 Å². The van der Waals surface area contributed by atoms with Crippen molar-refractivity contribution in [1.29, 1.82) is 0 Å². The summed E-state index contributed by atoms with van der Waals surface area (Å²) in [6.07, 6.45) is 0.409. The molecule has 0 radical (unpaired) electrons. The van der Waals surface area contributed by atoms with Crippen LogP contribution < -0.4 is 5.32 Å². The first kappa shape index (κ1) is 20.7. The molecule has 0 heterocycles. The van der Waals surface area contributed by atoms with Crippen LogP contribution in [-0.2, 0) is 9.53 Å². The van der Waals surface area contributed by atoms with Crippen LogP contribution in [-0.4, -0.2) is 42.1 Å². The average Bonchev–Trinajstić information content (AvgIpc) is 2.23. The van der Waals surface area contributed by atoms with Crippen LogP contribution in [0.25, 0.3) is 0 Å². The lowest BCUT2D eigenvalue weighted by atomic mass is 9.84. The van der Waals surface area contributed by atoms with Crippen molar-refractivity contribution in [3.8, 4) is 0 Å². The molecule has 22 heavy (non-hydrogen) atoms. The van der Waals surface area contributed by atoms with E-state index in [1.807, 2.05) is 0 Å². The first-order valence-corrected chi connectivity index (χ1v) is 7.95. The van der Waals surface area contributed by atoms with Gasteiger partial charge in [0.1, 0.15) is 12.1 Å². The summed E-state index contributed by atoms with van der Waals surface area (Å²) in [5.74, 6) is 0.186. The minimum absolute atomic E-state index is 0.00226. The molecule has 5 heteroatoms. The second kappa shape index (κ2) is 7.84. The Morgan fingerprint density at radius 1 is 1.09 bits per heavy atom. The van der Waals surface area contributed by atoms with E-state index >= 15 is 0 Å². The van der Waals surface area contributed by atoms with E-state index in [9.17, 15) is 9.59 Å². The average molecular weight is 314 g/mol. The minimum Gasteiger partial charge on any atom is -0.444 e. The van der Waals surface area contributed by atoms with Gasteiger partial charge in [-0.1, -0.05) is 34.6 Å². The summed E-state index contributed by atoms with van der Waals surface area (Å²) >= 11 is 0. The van der Waals surface area contributed by atoms with E-state index in [1.54, 1.807) is 27.8 Å². The Bertz CT molecular complexity index is 378. The van der Waals surface area contributed by atoms with Gasteiger partial charge in [-0.15, -0.1) is 0 Å². The highest BCUT2D eigenvalue weighted by Crippen LogP contribution is 2.24. The maximum Gasteiger partial charge on any atom is 0.410 e. The molecule has 0 aliphatic rings. The van der Waals surface area contributed by atoms with E-state index in [0.717, 1.165) is 6.42 Å². The molecule has 0 rings (SSSR count). The molecule has 2 amide bonds. The van der Waals surface area contributed by atoms with Gasteiger partial charge in [0.15, 0.2) is 0 Å².